The van der Waals surface area contributed by atoms with Crippen molar-refractivity contribution < 1.29 is 9.53 Å². The standard InChI is InChI=1S/C17H17N3O2/c1-3-22-15-9-5-4-8-14(15)19-17(21)13-7-6-10-20-11-12(2)18-16(13)20/h4-11H,3H2,1-2H3,(H,19,21). The van der Waals surface area contributed by atoms with Crippen LogP contribution in [0.25, 0.3) is 5.65 Å². The van der Waals surface area contributed by atoms with Crippen LogP contribution in [0.15, 0.2) is 48.8 Å². The molecule has 5 nitrogen and oxygen atoms in total. The number of carbonyl (C=O) groups excluding carboxylic acids is 1. The predicted molar refractivity (Wildman–Crippen MR) is 85.5 cm³/mol. The van der Waals surface area contributed by atoms with Gasteiger partial charge in [-0.25, -0.2) is 4.98 Å². The lowest BCUT2D eigenvalue weighted by Gasteiger charge is -2.11. The van der Waals surface area contributed by atoms with Crippen molar-refractivity contribution in [1.29, 1.82) is 0 Å². The quantitative estimate of drug-likeness (QED) is 0.803. The molecule has 0 atom stereocenters. The molecule has 0 spiro atoms. The number of carbonyl (C=O) groups is 1. The van der Waals surface area contributed by atoms with Crippen LogP contribution in [0, 0.1) is 6.92 Å². The van der Waals surface area contributed by atoms with E-state index in [-0.39, 0.29) is 5.91 Å². The predicted octanol–water partition coefficient (Wildman–Crippen LogP) is 3.29. The summed E-state index contributed by atoms with van der Waals surface area (Å²) in [6.45, 7) is 4.35. The fraction of sp³-hybridized carbons (Fsp3) is 0.176. The van der Waals surface area contributed by atoms with Crippen molar-refractivity contribution in [3.8, 4) is 5.75 Å². The molecule has 3 rings (SSSR count). The maximum absolute atomic E-state index is 12.6. The molecule has 0 saturated carbocycles. The number of fused-ring (bicyclic) bond motifs is 1. The topological polar surface area (TPSA) is 55.6 Å². The first-order chi connectivity index (χ1) is 10.7. The smallest absolute Gasteiger partial charge is 0.259 e. The molecule has 112 valence electrons. The van der Waals surface area contributed by atoms with Gasteiger partial charge in [-0.1, -0.05) is 12.1 Å². The highest BCUT2D eigenvalue weighted by Crippen LogP contribution is 2.24. The first-order valence-corrected chi connectivity index (χ1v) is 7.16. The fourth-order valence-electron chi connectivity index (χ4n) is 2.35. The largest absolute Gasteiger partial charge is 0.492 e. The number of amides is 1. The van der Waals surface area contributed by atoms with Crippen molar-refractivity contribution in [2.24, 2.45) is 0 Å². The summed E-state index contributed by atoms with van der Waals surface area (Å²) in [6.07, 6.45) is 3.76. The van der Waals surface area contributed by atoms with E-state index in [0.29, 0.717) is 29.3 Å². The molecule has 0 bridgehead atoms. The number of nitrogens with zero attached hydrogens (tertiary/aromatic N) is 2. The normalized spacial score (nSPS) is 10.6. The lowest BCUT2D eigenvalue weighted by atomic mass is 10.2. The number of anilines is 1. The summed E-state index contributed by atoms with van der Waals surface area (Å²) in [5.74, 6) is 0.452. The van der Waals surface area contributed by atoms with Crippen molar-refractivity contribution in [2.75, 3.05) is 11.9 Å². The monoisotopic (exact) mass is 295 g/mol. The first-order valence-electron chi connectivity index (χ1n) is 7.16. The van der Waals surface area contributed by atoms with E-state index in [0.717, 1.165) is 5.69 Å². The number of imidazole rings is 1. The Morgan fingerprint density at radius 1 is 1.27 bits per heavy atom. The van der Waals surface area contributed by atoms with Gasteiger partial charge >= 0.3 is 0 Å². The van der Waals surface area contributed by atoms with Crippen LogP contribution in [0.4, 0.5) is 5.69 Å². The van der Waals surface area contributed by atoms with Crippen molar-refractivity contribution >= 4 is 17.2 Å². The highest BCUT2D eigenvalue weighted by Gasteiger charge is 2.14. The minimum Gasteiger partial charge on any atom is -0.492 e. The first kappa shape index (κ1) is 14.1. The Hall–Kier alpha value is -2.82. The van der Waals surface area contributed by atoms with Crippen LogP contribution in [0.5, 0.6) is 5.75 Å². The molecule has 0 aliphatic heterocycles. The molecular weight excluding hydrogens is 278 g/mol. The summed E-state index contributed by atoms with van der Waals surface area (Å²) in [4.78, 5) is 17.0. The molecule has 1 N–H and O–H groups in total. The highest BCUT2D eigenvalue weighted by molar-refractivity contribution is 6.08. The molecule has 2 aromatic heterocycles. The minimum absolute atomic E-state index is 0.205. The zero-order valence-corrected chi connectivity index (χ0v) is 12.5. The molecule has 1 aromatic carbocycles. The summed E-state index contributed by atoms with van der Waals surface area (Å²) >= 11 is 0. The number of nitrogens with one attached hydrogen (secondary N) is 1. The number of aryl methyl sites for hydroxylation is 1. The van der Waals surface area contributed by atoms with Crippen LogP contribution < -0.4 is 10.1 Å². The second-order valence-corrected chi connectivity index (χ2v) is 4.92. The number of para-hydroxylation sites is 2. The van der Waals surface area contributed by atoms with E-state index in [1.807, 2.05) is 61.0 Å². The van der Waals surface area contributed by atoms with E-state index >= 15 is 0 Å². The Bertz CT molecular complexity index is 824. The molecule has 0 fully saturated rings. The van der Waals surface area contributed by atoms with Crippen LogP contribution in [0.1, 0.15) is 23.0 Å². The third-order valence-corrected chi connectivity index (χ3v) is 3.28. The fourth-order valence-corrected chi connectivity index (χ4v) is 2.35. The van der Waals surface area contributed by atoms with Gasteiger partial charge in [0.2, 0.25) is 0 Å². The number of aromatic nitrogens is 2. The van der Waals surface area contributed by atoms with Crippen LogP contribution in [-0.4, -0.2) is 21.9 Å². The molecule has 5 heteroatoms. The van der Waals surface area contributed by atoms with Crippen molar-refractivity contribution in [1.82, 2.24) is 9.38 Å². The third kappa shape index (κ3) is 2.65. The minimum atomic E-state index is -0.205. The van der Waals surface area contributed by atoms with Gasteiger partial charge in [0.25, 0.3) is 5.91 Å². The maximum atomic E-state index is 12.6. The zero-order chi connectivity index (χ0) is 15.5. The molecule has 0 unspecified atom stereocenters. The Balaban J connectivity index is 1.94. The Kier molecular flexibility index (Phi) is 3.78. The van der Waals surface area contributed by atoms with Crippen molar-refractivity contribution in [2.45, 2.75) is 13.8 Å². The Morgan fingerprint density at radius 2 is 2.09 bits per heavy atom. The van der Waals surface area contributed by atoms with Gasteiger partial charge in [0.1, 0.15) is 11.4 Å². The summed E-state index contributed by atoms with van der Waals surface area (Å²) in [7, 11) is 0. The lowest BCUT2D eigenvalue weighted by Crippen LogP contribution is -2.14. The molecule has 22 heavy (non-hydrogen) atoms. The van der Waals surface area contributed by atoms with E-state index < -0.39 is 0 Å². The molecule has 2 heterocycles. The zero-order valence-electron chi connectivity index (χ0n) is 12.5. The third-order valence-electron chi connectivity index (χ3n) is 3.28. The summed E-state index contributed by atoms with van der Waals surface area (Å²) in [6, 6.07) is 11.0. The van der Waals surface area contributed by atoms with Crippen LogP contribution in [0.3, 0.4) is 0 Å². The Labute approximate surface area is 128 Å². The van der Waals surface area contributed by atoms with Crippen LogP contribution in [0.2, 0.25) is 0 Å². The van der Waals surface area contributed by atoms with Gasteiger partial charge < -0.3 is 14.5 Å². The van der Waals surface area contributed by atoms with E-state index in [4.69, 9.17) is 4.74 Å². The number of hydrogen-bond donors (Lipinski definition) is 1. The molecule has 3 aromatic rings. The van der Waals surface area contributed by atoms with Gasteiger partial charge in [-0.05, 0) is 38.1 Å². The molecule has 0 saturated heterocycles. The van der Waals surface area contributed by atoms with Crippen molar-refractivity contribution in [3.63, 3.8) is 0 Å². The van der Waals surface area contributed by atoms with E-state index in [1.165, 1.54) is 0 Å². The number of rotatable bonds is 4. The van der Waals surface area contributed by atoms with Crippen LogP contribution >= 0.6 is 0 Å². The van der Waals surface area contributed by atoms with Gasteiger partial charge in [-0.15, -0.1) is 0 Å². The second-order valence-electron chi connectivity index (χ2n) is 4.92. The molecule has 1 amide bonds. The van der Waals surface area contributed by atoms with Gasteiger partial charge in [0, 0.05) is 12.4 Å². The Morgan fingerprint density at radius 3 is 2.91 bits per heavy atom. The molecule has 0 radical (unpaired) electrons. The summed E-state index contributed by atoms with van der Waals surface area (Å²) in [5, 5.41) is 2.90. The van der Waals surface area contributed by atoms with Crippen LogP contribution in [-0.2, 0) is 0 Å². The molecule has 0 aliphatic carbocycles. The van der Waals surface area contributed by atoms with Gasteiger partial charge in [-0.2, -0.15) is 0 Å². The molecule has 0 aliphatic rings. The van der Waals surface area contributed by atoms with Gasteiger partial charge in [0.05, 0.1) is 23.6 Å². The van der Waals surface area contributed by atoms with Gasteiger partial charge in [0.15, 0.2) is 0 Å². The maximum Gasteiger partial charge on any atom is 0.259 e. The lowest BCUT2D eigenvalue weighted by molar-refractivity contribution is 0.102. The number of hydrogen-bond acceptors (Lipinski definition) is 3. The number of benzene rings is 1. The highest BCUT2D eigenvalue weighted by atomic mass is 16.5. The number of ether oxygens (including phenoxy) is 1. The van der Waals surface area contributed by atoms with E-state index in [9.17, 15) is 4.79 Å². The van der Waals surface area contributed by atoms with Crippen molar-refractivity contribution in [3.05, 3.63) is 60.0 Å². The average molecular weight is 295 g/mol. The van der Waals surface area contributed by atoms with Gasteiger partial charge in [-0.3, -0.25) is 4.79 Å². The summed E-state index contributed by atoms with van der Waals surface area (Å²) in [5.41, 5.74) is 2.70. The summed E-state index contributed by atoms with van der Waals surface area (Å²) < 4.78 is 7.38. The van der Waals surface area contributed by atoms with E-state index in [2.05, 4.69) is 10.3 Å². The average Bonchev–Trinajstić information content (AvgIpc) is 2.89. The molecular formula is C17H17N3O2. The second kappa shape index (κ2) is 5.89. The number of pyridine rings is 1. The van der Waals surface area contributed by atoms with E-state index in [1.54, 1.807) is 6.07 Å². The SMILES string of the molecule is CCOc1ccccc1NC(=O)c1cccn2cc(C)nc12.